The highest BCUT2D eigenvalue weighted by atomic mass is 35.7. The highest BCUT2D eigenvalue weighted by molar-refractivity contribution is 7.47. The number of halogens is 11. The van der Waals surface area contributed by atoms with Gasteiger partial charge in [-0.3, -0.25) is 0 Å². The minimum Gasteiger partial charge on any atom is -0.167 e. The molecule has 39 unspecified atom stereocenters. The van der Waals surface area contributed by atoms with Crippen LogP contribution in [0.2, 0.25) is 124 Å². The molecule has 0 radical (unpaired) electrons. The molecule has 26 rings (SSSR count). The minimum atomic E-state index is -2.00. The SMILES string of the molecule is C[Si](C)(Cl)C1CC2CCC1C2.C[Si](C)(Cl)C1CC2CCC1C2.C[Si](Cl)(C1CC2CCC1C2)C1CC2CCC1C2.C[Si](Cl)(C1CC2CCC1C2)C1CC2CCC1C2.C[Si](Cl)(Cl)C1CC2CCC1C2.C[Si](Cl)(Cl)C1CC2CCC1C2.Cl[Si](C1CC2CCC1C2)(C1CC2CCC1C2)C1CC2CCC1C2.Cl[Si](Cl)(C1CC2CCC1C2)C1CC2CCC1C2. The van der Waals surface area contributed by atoms with Crippen molar-refractivity contribution in [2.45, 2.75) is 458 Å². The highest BCUT2D eigenvalue weighted by Gasteiger charge is 2.67. The molecule has 0 saturated heterocycles. The molecule has 0 aromatic heterocycles. The molecule has 26 aliphatic rings. The van der Waals surface area contributed by atoms with E-state index in [1.54, 1.807) is 103 Å². The molecule has 0 amide bonds. The first-order valence-electron chi connectivity index (χ1n) is 52.5. The zero-order chi connectivity index (χ0) is 82.3. The number of fused-ring (bicyclic) bond motifs is 26. The van der Waals surface area contributed by atoms with Crippen molar-refractivity contribution in [2.75, 3.05) is 0 Å². The van der Waals surface area contributed by atoms with Crippen LogP contribution in [0.25, 0.3) is 0 Å². The Morgan fingerprint density at radius 1 is 0.144 bits per heavy atom. The van der Waals surface area contributed by atoms with Gasteiger partial charge in [0.25, 0.3) is 20.1 Å². The summed E-state index contributed by atoms with van der Waals surface area (Å²) in [5, 5.41) is 0. The van der Waals surface area contributed by atoms with Crippen LogP contribution in [-0.2, 0) is 0 Å². The second-order valence-electron chi connectivity index (χ2n) is 51.5. The van der Waals surface area contributed by atoms with Gasteiger partial charge in [0, 0.05) is 0 Å². The molecule has 26 saturated carbocycles. The Bertz CT molecular complexity index is 2950. The Morgan fingerprint density at radius 3 is 0.390 bits per heavy atom. The smallest absolute Gasteiger partial charge is 0.167 e. The maximum absolute atomic E-state index is 8.08. The second-order valence-corrected chi connectivity index (χ2v) is 106. The van der Waals surface area contributed by atoms with Crippen molar-refractivity contribution >= 4 is 179 Å². The van der Waals surface area contributed by atoms with E-state index in [2.05, 4.69) is 52.4 Å². The molecule has 0 aromatic carbocycles. The molecule has 19 heteroatoms. The van der Waals surface area contributed by atoms with Crippen LogP contribution in [0.15, 0.2) is 0 Å². The van der Waals surface area contributed by atoms with E-state index in [0.717, 1.165) is 215 Å². The van der Waals surface area contributed by atoms with Gasteiger partial charge in [0.15, 0.2) is 36.9 Å². The quantitative estimate of drug-likeness (QED) is 0.127. The summed E-state index contributed by atoms with van der Waals surface area (Å²) in [6.07, 6.45) is 77.8. The van der Waals surface area contributed by atoms with Crippen LogP contribution in [0, 0.1) is 154 Å². The number of hydrogen-bond donors (Lipinski definition) is 0. The Hall–Kier alpha value is 4.93. The van der Waals surface area contributed by atoms with Crippen LogP contribution in [0.4, 0.5) is 0 Å². The molecule has 672 valence electrons. The fourth-order valence-corrected chi connectivity index (χ4v) is 80.8. The van der Waals surface area contributed by atoms with Crippen molar-refractivity contribution in [3.8, 4) is 0 Å². The lowest BCUT2D eigenvalue weighted by atomic mass is 9.98. The second kappa shape index (κ2) is 36.2. The van der Waals surface area contributed by atoms with Gasteiger partial charge >= 0.3 is 0 Å². The van der Waals surface area contributed by atoms with Crippen molar-refractivity contribution < 1.29 is 0 Å². The third-order valence-corrected chi connectivity index (χ3v) is 85.1. The first kappa shape index (κ1) is 92.0. The summed E-state index contributed by atoms with van der Waals surface area (Å²) in [4.78, 5) is 0. The average molecular weight is 1970 g/mol. The first-order chi connectivity index (χ1) is 55.9. The van der Waals surface area contributed by atoms with Crippen molar-refractivity contribution in [3.63, 3.8) is 0 Å². The maximum Gasteiger partial charge on any atom is 0.257 e. The normalized spacial score (nSPS) is 51.2. The summed E-state index contributed by atoms with van der Waals surface area (Å²) in [6, 6.07) is 0. The number of rotatable bonds is 13. The molecule has 26 fully saturated rings. The van der Waals surface area contributed by atoms with Gasteiger partial charge < -0.3 is 0 Å². The summed E-state index contributed by atoms with van der Waals surface area (Å²) < 4.78 is 0. The summed E-state index contributed by atoms with van der Waals surface area (Å²) >= 11 is 74.6. The van der Waals surface area contributed by atoms with Crippen molar-refractivity contribution in [1.29, 1.82) is 0 Å². The predicted molar refractivity (Wildman–Crippen MR) is 537 cm³/mol. The van der Waals surface area contributed by atoms with Crippen molar-refractivity contribution in [3.05, 3.63) is 0 Å². The van der Waals surface area contributed by atoms with Crippen molar-refractivity contribution in [1.82, 2.24) is 0 Å². The predicted octanol–water partition coefficient (Wildman–Crippen LogP) is 37.1. The molecule has 0 aromatic rings. The standard InChI is InChI=1S/C21H33ClSi.2C15H25ClSi.C14H22Cl2Si.2C9H17ClSi.2C8H14Cl2Si/c22-23(19-10-13-1-4-16(19)7-13,20-11-14-2-5-17(20)8-14)21-12-15-3-6-18(21)9-15;2*1-17(16,14-8-10-2-4-12(14)6-10)15-9-11-3-5-13(15)7-11;15-17(16,13-7-9-1-3-11(13)5-9)14-8-10-2-4-12(14)6-10;2*1-11(2,10)9-6-7-3-4-8(9)5-7;2*1-11(9,10)8-5-6-2-3-7(8)4-6/h13-21H,1-12H2;2*10-15H,2-9H2,1H3;9-14H,1-8H2;2*7-9H,3-6H2,1-2H3;2*6-8H,2-5H2,1H3. The van der Waals surface area contributed by atoms with Gasteiger partial charge in [-0.05, 0) is 406 Å². The Kier molecular flexibility index (Phi) is 28.2. The fraction of sp³-hybridized carbons (Fsp3) is 1.00. The van der Waals surface area contributed by atoms with Crippen LogP contribution in [0.5, 0.6) is 0 Å². The summed E-state index contributed by atoms with van der Waals surface area (Å²) in [5.41, 5.74) is 11.9. The lowest BCUT2D eigenvalue weighted by Crippen LogP contribution is -2.49. The van der Waals surface area contributed by atoms with Crippen LogP contribution < -0.4 is 0 Å². The zero-order valence-corrected chi connectivity index (χ0v) is 91.8. The molecular formula is C99H167Cl11Si8. The molecule has 118 heavy (non-hydrogen) atoms. The van der Waals surface area contributed by atoms with E-state index in [0.29, 0.717) is 11.1 Å². The molecule has 0 nitrogen and oxygen atoms in total. The van der Waals surface area contributed by atoms with E-state index in [-0.39, 0.29) is 0 Å². The van der Waals surface area contributed by atoms with Crippen molar-refractivity contribution in [2.24, 2.45) is 154 Å². The third-order valence-electron chi connectivity index (χ3n) is 44.3. The van der Waals surface area contributed by atoms with E-state index in [9.17, 15) is 0 Å². The summed E-state index contributed by atoms with van der Waals surface area (Å²) in [6.45, 7) is 12.9. The molecule has 0 aliphatic heterocycles. The van der Waals surface area contributed by atoms with E-state index >= 15 is 0 Å². The number of hydrogen-bond acceptors (Lipinski definition) is 0. The van der Waals surface area contributed by atoms with Gasteiger partial charge in [0.2, 0.25) is 0 Å². The van der Waals surface area contributed by atoms with Gasteiger partial charge in [-0.1, -0.05) is 206 Å². The molecule has 26 bridgehead atoms. The van der Waals surface area contributed by atoms with Crippen LogP contribution in [-0.4, -0.2) is 57.0 Å². The van der Waals surface area contributed by atoms with E-state index < -0.39 is 57.0 Å². The van der Waals surface area contributed by atoms with Gasteiger partial charge in [0.1, 0.15) is 0 Å². The summed E-state index contributed by atoms with van der Waals surface area (Å²) in [7, 11) is -7.19. The minimum absolute atomic E-state index is 0.713. The molecule has 0 N–H and O–H groups in total. The topological polar surface area (TPSA) is 0 Å². The van der Waals surface area contributed by atoms with Gasteiger partial charge in [-0.15, -0.1) is 66.5 Å². The molecule has 26 aliphatic carbocycles. The lowest BCUT2D eigenvalue weighted by Gasteiger charge is -2.49. The van der Waals surface area contributed by atoms with Crippen LogP contribution in [0.3, 0.4) is 0 Å². The Morgan fingerprint density at radius 2 is 0.280 bits per heavy atom. The molecule has 39 atom stereocenters. The zero-order valence-electron chi connectivity index (χ0n) is 75.4. The van der Waals surface area contributed by atoms with E-state index in [1.807, 2.05) is 0 Å². The Labute approximate surface area is 783 Å². The fourth-order valence-electron chi connectivity index (χ4n) is 39.1. The lowest BCUT2D eigenvalue weighted by molar-refractivity contribution is 0.400. The first-order valence-corrected chi connectivity index (χ1v) is 84.6. The molecular weight excluding hydrogens is 1800 g/mol. The summed E-state index contributed by atoms with van der Waals surface area (Å²) in [5.74, 6) is 26.8. The van der Waals surface area contributed by atoms with E-state index in [4.69, 9.17) is 122 Å². The van der Waals surface area contributed by atoms with Gasteiger partial charge in [-0.25, -0.2) is 0 Å². The average Bonchev–Trinajstić information content (AvgIpc) is 1.54. The Balaban J connectivity index is 0.0000000909. The highest BCUT2D eigenvalue weighted by Crippen LogP contribution is 2.75. The molecule has 0 heterocycles. The molecule has 0 spiro atoms. The largest absolute Gasteiger partial charge is 0.257 e. The van der Waals surface area contributed by atoms with Crippen LogP contribution in [0.1, 0.15) is 334 Å². The van der Waals surface area contributed by atoms with E-state index in [1.165, 1.54) is 231 Å². The third kappa shape index (κ3) is 18.8. The maximum atomic E-state index is 8.08. The van der Waals surface area contributed by atoms with Gasteiger partial charge in [0.05, 0.1) is 0 Å². The monoisotopic (exact) mass is 1960 g/mol. The van der Waals surface area contributed by atoms with Gasteiger partial charge in [-0.2, -0.15) is 55.4 Å². The van der Waals surface area contributed by atoms with Crippen LogP contribution >= 0.6 is 122 Å².